The Labute approximate surface area is 193 Å². The van der Waals surface area contributed by atoms with Gasteiger partial charge in [0.1, 0.15) is 5.00 Å². The number of anilines is 2. The van der Waals surface area contributed by atoms with Gasteiger partial charge < -0.3 is 20.3 Å². The fourth-order valence-electron chi connectivity index (χ4n) is 2.65. The number of thiophene rings is 1. The quantitative estimate of drug-likeness (QED) is 0.325. The number of ether oxygens (including phenoxy) is 1. The van der Waals surface area contributed by atoms with E-state index < -0.39 is 46.2 Å². The molecule has 1 amide bonds. The van der Waals surface area contributed by atoms with E-state index in [1.807, 2.05) is 0 Å². The number of carbonyl (C=O) groups is 2. The molecule has 0 atom stereocenters. The lowest BCUT2D eigenvalue weighted by molar-refractivity contribution is -0.143. The van der Waals surface area contributed by atoms with Crippen LogP contribution in [-0.4, -0.2) is 43.1 Å². The number of methoxy groups -OCH3 is 1. The molecular weight excluding hydrogens is 496 g/mol. The molecule has 1 aromatic heterocycles. The molecule has 2 N–H and O–H groups in total. The van der Waals surface area contributed by atoms with Crippen molar-refractivity contribution in [3.8, 4) is 0 Å². The van der Waals surface area contributed by atoms with Crippen LogP contribution < -0.4 is 10.6 Å². The summed E-state index contributed by atoms with van der Waals surface area (Å²) in [7, 11) is 4.09. The fourth-order valence-corrected chi connectivity index (χ4v) is 4.15. The maximum Gasteiger partial charge on any atom is 0.416 e. The molecule has 0 aliphatic carbocycles. The van der Waals surface area contributed by atoms with Crippen molar-refractivity contribution in [2.45, 2.75) is 19.3 Å². The lowest BCUT2D eigenvalue weighted by atomic mass is 10.1. The van der Waals surface area contributed by atoms with Gasteiger partial charge in [0, 0.05) is 19.8 Å². The first-order valence-corrected chi connectivity index (χ1v) is 10.1. The summed E-state index contributed by atoms with van der Waals surface area (Å²) in [5.74, 6) is -1.24. The van der Waals surface area contributed by atoms with E-state index in [-0.39, 0.29) is 27.1 Å². The van der Waals surface area contributed by atoms with E-state index >= 15 is 0 Å². The number of nitrogens with zero attached hydrogens (tertiary/aromatic N) is 1. The molecule has 0 bridgehead atoms. The van der Waals surface area contributed by atoms with Crippen LogP contribution in [0.15, 0.2) is 18.2 Å². The normalized spacial score (nSPS) is 11.7. The Morgan fingerprint density at radius 2 is 1.52 bits per heavy atom. The number of alkyl halides is 6. The van der Waals surface area contributed by atoms with Gasteiger partial charge >= 0.3 is 18.3 Å². The van der Waals surface area contributed by atoms with Crippen LogP contribution in [0.1, 0.15) is 36.7 Å². The van der Waals surface area contributed by atoms with Crippen molar-refractivity contribution in [1.82, 2.24) is 4.90 Å². The number of carbonyl (C=O) groups excluding carboxylic acids is 2. The highest BCUT2D eigenvalue weighted by molar-refractivity contribution is 7.80. The minimum atomic E-state index is -5.03. The number of nitrogens with one attached hydrogen (secondary N) is 2. The van der Waals surface area contributed by atoms with Crippen molar-refractivity contribution in [3.63, 3.8) is 0 Å². The summed E-state index contributed by atoms with van der Waals surface area (Å²) in [4.78, 5) is 26.0. The SMILES string of the molecule is COC(=O)c1c(NC(=S)Nc2cc(C(F)(F)F)cc(C(F)(F)F)c2)sc(C(=O)N(C)C)c1C. The number of hydrogen-bond acceptors (Lipinski definition) is 5. The zero-order valence-corrected chi connectivity index (χ0v) is 19.1. The molecule has 180 valence electrons. The molecule has 2 aromatic rings. The van der Waals surface area contributed by atoms with E-state index in [0.717, 1.165) is 18.4 Å². The van der Waals surface area contributed by atoms with Crippen LogP contribution in [0.4, 0.5) is 37.0 Å². The van der Waals surface area contributed by atoms with Crippen molar-refractivity contribution in [3.05, 3.63) is 45.3 Å². The van der Waals surface area contributed by atoms with Crippen molar-refractivity contribution < 1.29 is 40.7 Å². The summed E-state index contributed by atoms with van der Waals surface area (Å²) in [5.41, 5.74) is -3.40. The molecular formula is C19H17F6N3O3S2. The molecule has 0 saturated carbocycles. The monoisotopic (exact) mass is 513 g/mol. The number of thiocarbonyl (C=S) groups is 1. The van der Waals surface area contributed by atoms with Crippen LogP contribution >= 0.6 is 23.6 Å². The smallest absolute Gasteiger partial charge is 0.416 e. The fraction of sp³-hybridized carbons (Fsp3) is 0.316. The zero-order valence-electron chi connectivity index (χ0n) is 17.5. The van der Waals surface area contributed by atoms with Crippen LogP contribution in [0.5, 0.6) is 0 Å². The van der Waals surface area contributed by atoms with Gasteiger partial charge in [-0.25, -0.2) is 4.79 Å². The van der Waals surface area contributed by atoms with Crippen molar-refractivity contribution in [2.24, 2.45) is 0 Å². The van der Waals surface area contributed by atoms with Gasteiger partial charge in [-0.1, -0.05) is 0 Å². The van der Waals surface area contributed by atoms with Gasteiger partial charge in [0.05, 0.1) is 28.7 Å². The summed E-state index contributed by atoms with van der Waals surface area (Å²) < 4.78 is 83.1. The third-order valence-electron chi connectivity index (χ3n) is 4.21. The highest BCUT2D eigenvalue weighted by Crippen LogP contribution is 2.38. The predicted octanol–water partition coefficient (Wildman–Crippen LogP) is 5.39. The van der Waals surface area contributed by atoms with Crippen LogP contribution in [0, 0.1) is 6.92 Å². The molecule has 0 saturated heterocycles. The maximum atomic E-state index is 13.1. The lowest BCUT2D eigenvalue weighted by Gasteiger charge is -2.16. The number of hydrogen-bond donors (Lipinski definition) is 2. The minimum absolute atomic E-state index is 0.0151. The maximum absolute atomic E-state index is 13.1. The van der Waals surface area contributed by atoms with E-state index in [1.165, 1.54) is 25.9 Å². The molecule has 0 unspecified atom stereocenters. The number of amides is 1. The van der Waals surface area contributed by atoms with E-state index in [1.54, 1.807) is 0 Å². The summed E-state index contributed by atoms with van der Waals surface area (Å²) >= 11 is 5.85. The molecule has 0 spiro atoms. The molecule has 6 nitrogen and oxygen atoms in total. The highest BCUT2D eigenvalue weighted by atomic mass is 32.1. The summed E-state index contributed by atoms with van der Waals surface area (Å²) in [6.07, 6.45) is -10.1. The van der Waals surface area contributed by atoms with Gasteiger partial charge in [-0.15, -0.1) is 11.3 Å². The number of rotatable bonds is 4. The molecule has 0 aliphatic rings. The Hall–Kier alpha value is -2.87. The minimum Gasteiger partial charge on any atom is -0.465 e. The average molecular weight is 513 g/mol. The van der Waals surface area contributed by atoms with Crippen LogP contribution in [0.25, 0.3) is 0 Å². The van der Waals surface area contributed by atoms with Gasteiger partial charge in [0.25, 0.3) is 5.91 Å². The van der Waals surface area contributed by atoms with Crippen molar-refractivity contribution in [2.75, 3.05) is 31.8 Å². The third-order valence-corrected chi connectivity index (χ3v) is 5.61. The molecule has 0 aliphatic heterocycles. The van der Waals surface area contributed by atoms with Gasteiger partial charge in [0.15, 0.2) is 5.11 Å². The highest BCUT2D eigenvalue weighted by Gasteiger charge is 2.37. The first-order valence-electron chi connectivity index (χ1n) is 8.87. The molecule has 1 aromatic carbocycles. The molecule has 0 fully saturated rings. The second kappa shape index (κ2) is 9.55. The first kappa shape index (κ1) is 26.4. The number of benzene rings is 1. The largest absolute Gasteiger partial charge is 0.465 e. The van der Waals surface area contributed by atoms with E-state index in [0.29, 0.717) is 12.1 Å². The Bertz CT molecular complexity index is 1060. The summed E-state index contributed by atoms with van der Waals surface area (Å²) in [5, 5.41) is 4.44. The van der Waals surface area contributed by atoms with Crippen molar-refractivity contribution in [1.29, 1.82) is 0 Å². The van der Waals surface area contributed by atoms with Crippen LogP contribution in [0.2, 0.25) is 0 Å². The molecule has 0 radical (unpaired) electrons. The third kappa shape index (κ3) is 6.13. The lowest BCUT2D eigenvalue weighted by Crippen LogP contribution is -2.21. The Balaban J connectivity index is 2.43. The Kier molecular flexibility index (Phi) is 7.63. The zero-order chi connectivity index (χ0) is 25.3. The van der Waals surface area contributed by atoms with E-state index in [9.17, 15) is 35.9 Å². The molecule has 33 heavy (non-hydrogen) atoms. The van der Waals surface area contributed by atoms with Gasteiger partial charge in [-0.2, -0.15) is 26.3 Å². The van der Waals surface area contributed by atoms with E-state index in [4.69, 9.17) is 17.0 Å². The first-order chi connectivity index (χ1) is 15.1. The van der Waals surface area contributed by atoms with Gasteiger partial charge in [-0.05, 0) is 42.9 Å². The Morgan fingerprint density at radius 1 is 1.00 bits per heavy atom. The van der Waals surface area contributed by atoms with Crippen molar-refractivity contribution >= 4 is 51.2 Å². The van der Waals surface area contributed by atoms with Crippen LogP contribution in [0.3, 0.4) is 0 Å². The number of esters is 1. The van der Waals surface area contributed by atoms with E-state index in [2.05, 4.69) is 10.6 Å². The predicted molar refractivity (Wildman–Crippen MR) is 115 cm³/mol. The standard InChI is InChI=1S/C19H17F6N3O3S2/c1-8-12(16(30)31-4)14(33-13(8)15(29)28(2)3)27-17(32)26-11-6-9(18(20,21)22)5-10(7-11)19(23,24)25/h5-7H,1-4H3,(H2,26,27,32). The second-order valence-corrected chi connectivity index (χ2v) is 8.25. The molecule has 1 heterocycles. The van der Waals surface area contributed by atoms with Crippen LogP contribution in [-0.2, 0) is 17.1 Å². The molecule has 2 rings (SSSR count). The van der Waals surface area contributed by atoms with Gasteiger partial charge in [0.2, 0.25) is 0 Å². The summed E-state index contributed by atoms with van der Waals surface area (Å²) in [6.45, 7) is 1.49. The van der Waals surface area contributed by atoms with Gasteiger partial charge in [-0.3, -0.25) is 4.79 Å². The Morgan fingerprint density at radius 3 is 1.94 bits per heavy atom. The summed E-state index contributed by atoms with van der Waals surface area (Å²) in [6, 6.07) is 0.912. The molecule has 14 heteroatoms. The topological polar surface area (TPSA) is 70.7 Å². The second-order valence-electron chi connectivity index (χ2n) is 6.83. The number of halogens is 6. The average Bonchev–Trinajstić information content (AvgIpc) is 3.00.